The van der Waals surface area contributed by atoms with Gasteiger partial charge in [-0.3, -0.25) is 4.79 Å². The number of aliphatic hydroxyl groups is 2. The van der Waals surface area contributed by atoms with Crippen LogP contribution in [0.3, 0.4) is 0 Å². The summed E-state index contributed by atoms with van der Waals surface area (Å²) in [5.74, 6) is 0.202. The van der Waals surface area contributed by atoms with Crippen LogP contribution in [0.2, 0.25) is 0 Å². The fourth-order valence-electron chi connectivity index (χ4n) is 0.953. The lowest BCUT2D eigenvalue weighted by atomic mass is 9.80. The lowest BCUT2D eigenvalue weighted by Gasteiger charge is -2.26. The second kappa shape index (κ2) is 6.08. The van der Waals surface area contributed by atoms with Gasteiger partial charge >= 0.3 is 0 Å². The largest absolute Gasteiger partial charge is 0.394 e. The van der Waals surface area contributed by atoms with Crippen molar-refractivity contribution in [2.75, 3.05) is 13.2 Å². The van der Waals surface area contributed by atoms with Gasteiger partial charge in [0, 0.05) is 13.0 Å². The van der Waals surface area contributed by atoms with Gasteiger partial charge in [-0.25, -0.2) is 0 Å². The van der Waals surface area contributed by atoms with Crippen LogP contribution in [0.25, 0.3) is 0 Å². The molecule has 0 radical (unpaired) electrons. The highest BCUT2D eigenvalue weighted by atomic mass is 16.3. The lowest BCUT2D eigenvalue weighted by molar-refractivity contribution is -0.123. The summed E-state index contributed by atoms with van der Waals surface area (Å²) >= 11 is 0. The first-order valence-electron chi connectivity index (χ1n) is 5.33. The summed E-state index contributed by atoms with van der Waals surface area (Å²) in [6.07, 6.45) is -0.416. The van der Waals surface area contributed by atoms with Gasteiger partial charge in [0.15, 0.2) is 0 Å². The van der Waals surface area contributed by atoms with Crippen LogP contribution in [0.15, 0.2) is 0 Å². The number of aliphatic hydroxyl groups excluding tert-OH is 2. The first-order chi connectivity index (χ1) is 6.77. The van der Waals surface area contributed by atoms with Crippen molar-refractivity contribution in [2.45, 2.75) is 40.2 Å². The molecule has 0 heterocycles. The molecule has 0 saturated heterocycles. The Morgan fingerprint density at radius 1 is 1.40 bits per heavy atom. The molecule has 2 atom stereocenters. The second-order valence-corrected chi connectivity index (χ2v) is 5.11. The summed E-state index contributed by atoms with van der Waals surface area (Å²) in [5, 5.41) is 20.2. The predicted molar refractivity (Wildman–Crippen MR) is 59.3 cm³/mol. The fourth-order valence-corrected chi connectivity index (χ4v) is 0.953. The Morgan fingerprint density at radius 2 is 1.93 bits per heavy atom. The molecular weight excluding hydrogens is 194 g/mol. The summed E-state index contributed by atoms with van der Waals surface area (Å²) in [5.41, 5.74) is 0.104. The summed E-state index contributed by atoms with van der Waals surface area (Å²) in [6.45, 7) is 8.10. The third-order valence-corrected chi connectivity index (χ3v) is 2.72. The van der Waals surface area contributed by atoms with Gasteiger partial charge in [0.2, 0.25) is 5.91 Å². The normalized spacial score (nSPS) is 15.9. The molecule has 0 saturated carbocycles. The summed E-state index contributed by atoms with van der Waals surface area (Å²) in [4.78, 5) is 11.4. The van der Waals surface area contributed by atoms with Crippen molar-refractivity contribution < 1.29 is 15.0 Å². The summed E-state index contributed by atoms with van der Waals surface area (Å²) < 4.78 is 0. The van der Waals surface area contributed by atoms with E-state index in [0.29, 0.717) is 6.42 Å². The van der Waals surface area contributed by atoms with Crippen LogP contribution in [0, 0.1) is 11.3 Å². The first-order valence-corrected chi connectivity index (χ1v) is 5.33. The van der Waals surface area contributed by atoms with E-state index in [1.807, 2.05) is 6.92 Å². The van der Waals surface area contributed by atoms with E-state index in [2.05, 4.69) is 26.1 Å². The number of hydrogen-bond donors (Lipinski definition) is 3. The van der Waals surface area contributed by atoms with Crippen LogP contribution < -0.4 is 5.32 Å². The molecule has 4 nitrogen and oxygen atoms in total. The minimum atomic E-state index is -0.862. The first kappa shape index (κ1) is 14.4. The highest BCUT2D eigenvalue weighted by molar-refractivity contribution is 5.76. The van der Waals surface area contributed by atoms with Crippen LogP contribution >= 0.6 is 0 Å². The Bertz CT molecular complexity index is 198. The van der Waals surface area contributed by atoms with E-state index in [1.54, 1.807) is 0 Å². The molecule has 2 unspecified atom stereocenters. The average molecular weight is 217 g/mol. The van der Waals surface area contributed by atoms with Crippen molar-refractivity contribution in [2.24, 2.45) is 11.3 Å². The van der Waals surface area contributed by atoms with Crippen LogP contribution in [0.1, 0.15) is 34.1 Å². The molecule has 0 aliphatic heterocycles. The van der Waals surface area contributed by atoms with E-state index in [1.165, 1.54) is 0 Å². The van der Waals surface area contributed by atoms with Gasteiger partial charge in [-0.2, -0.15) is 0 Å². The third kappa shape index (κ3) is 6.47. The van der Waals surface area contributed by atoms with Crippen molar-refractivity contribution >= 4 is 5.91 Å². The van der Waals surface area contributed by atoms with E-state index in [9.17, 15) is 4.79 Å². The smallest absolute Gasteiger partial charge is 0.220 e. The van der Waals surface area contributed by atoms with E-state index in [0.717, 1.165) is 0 Å². The zero-order chi connectivity index (χ0) is 12.1. The fraction of sp³-hybridized carbons (Fsp3) is 0.909. The van der Waals surface area contributed by atoms with Crippen LogP contribution in [0.5, 0.6) is 0 Å². The van der Waals surface area contributed by atoms with Gasteiger partial charge < -0.3 is 15.5 Å². The number of carbonyl (C=O) groups is 1. The Morgan fingerprint density at radius 3 is 2.33 bits per heavy atom. The van der Waals surface area contributed by atoms with Crippen LogP contribution in [-0.2, 0) is 4.79 Å². The maximum atomic E-state index is 11.4. The van der Waals surface area contributed by atoms with Crippen molar-refractivity contribution in [1.82, 2.24) is 5.32 Å². The van der Waals surface area contributed by atoms with E-state index in [-0.39, 0.29) is 30.4 Å². The molecule has 0 spiro atoms. The molecule has 15 heavy (non-hydrogen) atoms. The van der Waals surface area contributed by atoms with Crippen molar-refractivity contribution in [3.63, 3.8) is 0 Å². The minimum absolute atomic E-state index is 0.0788. The molecule has 1 amide bonds. The maximum Gasteiger partial charge on any atom is 0.220 e. The lowest BCUT2D eigenvalue weighted by Crippen LogP contribution is -2.35. The van der Waals surface area contributed by atoms with Crippen LogP contribution in [-0.4, -0.2) is 35.4 Å². The van der Waals surface area contributed by atoms with E-state index < -0.39 is 6.10 Å². The zero-order valence-corrected chi connectivity index (χ0v) is 10.1. The molecule has 0 aliphatic rings. The topological polar surface area (TPSA) is 69.6 Å². The molecule has 0 bridgehead atoms. The monoisotopic (exact) mass is 217 g/mol. The second-order valence-electron chi connectivity index (χ2n) is 5.11. The number of rotatable bonds is 5. The molecule has 0 fully saturated rings. The molecule has 0 rings (SSSR count). The van der Waals surface area contributed by atoms with Gasteiger partial charge in [-0.05, 0) is 11.3 Å². The van der Waals surface area contributed by atoms with Gasteiger partial charge in [0.25, 0.3) is 0 Å². The molecule has 90 valence electrons. The number of amides is 1. The molecule has 0 aromatic carbocycles. The summed E-state index contributed by atoms with van der Waals surface area (Å²) in [6, 6.07) is 0. The SMILES string of the molecule is CC(CC(=O)NCC(O)CO)C(C)(C)C. The van der Waals surface area contributed by atoms with Gasteiger partial charge in [-0.15, -0.1) is 0 Å². The molecule has 0 aliphatic carbocycles. The van der Waals surface area contributed by atoms with Crippen LogP contribution in [0.4, 0.5) is 0 Å². The quantitative estimate of drug-likeness (QED) is 0.629. The van der Waals surface area contributed by atoms with Gasteiger partial charge in [-0.1, -0.05) is 27.7 Å². The van der Waals surface area contributed by atoms with E-state index >= 15 is 0 Å². The minimum Gasteiger partial charge on any atom is -0.394 e. The highest BCUT2D eigenvalue weighted by Crippen LogP contribution is 2.27. The Kier molecular flexibility index (Phi) is 5.83. The van der Waals surface area contributed by atoms with E-state index in [4.69, 9.17) is 10.2 Å². The zero-order valence-electron chi connectivity index (χ0n) is 10.1. The predicted octanol–water partition coefficient (Wildman–Crippen LogP) is 0.528. The Balaban J connectivity index is 3.84. The third-order valence-electron chi connectivity index (χ3n) is 2.72. The molecule has 3 N–H and O–H groups in total. The number of carbonyl (C=O) groups excluding carboxylic acids is 1. The Labute approximate surface area is 91.7 Å². The molecular formula is C11H23NO3. The Hall–Kier alpha value is -0.610. The average Bonchev–Trinajstić information content (AvgIpc) is 2.12. The van der Waals surface area contributed by atoms with Crippen molar-refractivity contribution in [1.29, 1.82) is 0 Å². The van der Waals surface area contributed by atoms with Gasteiger partial charge in [0.1, 0.15) is 0 Å². The molecule has 0 aromatic heterocycles. The number of nitrogens with one attached hydrogen (secondary N) is 1. The highest BCUT2D eigenvalue weighted by Gasteiger charge is 2.22. The number of hydrogen-bond acceptors (Lipinski definition) is 3. The van der Waals surface area contributed by atoms with Gasteiger partial charge in [0.05, 0.1) is 12.7 Å². The molecule has 4 heteroatoms. The maximum absolute atomic E-state index is 11.4. The van der Waals surface area contributed by atoms with Crippen molar-refractivity contribution in [3.05, 3.63) is 0 Å². The van der Waals surface area contributed by atoms with Crippen molar-refractivity contribution in [3.8, 4) is 0 Å². The summed E-state index contributed by atoms with van der Waals surface area (Å²) in [7, 11) is 0. The molecule has 0 aromatic rings. The standard InChI is InChI=1S/C11H23NO3/c1-8(11(2,3)4)5-10(15)12-6-9(14)7-13/h8-9,13-14H,5-7H2,1-4H3,(H,12,15).